The molecule has 0 fully saturated rings. The number of fused-ring (bicyclic) bond motifs is 7. The second-order valence-electron chi connectivity index (χ2n) is 8.57. The monoisotopic (exact) mass is 435 g/mol. The molecule has 1 heterocycles. The second kappa shape index (κ2) is 7.23. The van der Waals surface area contributed by atoms with Crippen molar-refractivity contribution in [1.29, 1.82) is 0 Å². The number of hydrogen-bond acceptors (Lipinski definition) is 1. The van der Waals surface area contributed by atoms with E-state index < -0.39 is 6.46 Å². The summed E-state index contributed by atoms with van der Waals surface area (Å²) in [7, 11) is 0. The minimum Gasteiger partial charge on any atom is -0.0620 e. The van der Waals surface area contributed by atoms with Crippen molar-refractivity contribution >= 4 is 45.6 Å². The Bertz CT molecular complexity index is 1440. The van der Waals surface area contributed by atoms with Gasteiger partial charge < -0.3 is 0 Å². The third kappa shape index (κ3) is 2.88. The van der Waals surface area contributed by atoms with Crippen LogP contribution < -0.4 is 5.30 Å². The van der Waals surface area contributed by atoms with Crippen molar-refractivity contribution in [1.82, 2.24) is 0 Å². The minimum atomic E-state index is -1.78. The highest BCUT2D eigenvalue weighted by Crippen LogP contribution is 2.76. The molecule has 5 aromatic rings. The molecule has 0 saturated carbocycles. The van der Waals surface area contributed by atoms with Crippen molar-refractivity contribution in [3.63, 3.8) is 0 Å². The molecule has 5 aromatic carbocycles. The molecule has 1 unspecified atom stereocenters. The van der Waals surface area contributed by atoms with E-state index in [1.807, 2.05) is 0 Å². The Morgan fingerprint density at radius 2 is 1.23 bits per heavy atom. The summed E-state index contributed by atoms with van der Waals surface area (Å²) in [5.74, 6) is 0. The first-order valence-corrected chi connectivity index (χ1v) is 14.1. The van der Waals surface area contributed by atoms with Crippen molar-refractivity contribution in [2.45, 2.75) is 18.7 Å². The van der Waals surface area contributed by atoms with E-state index in [9.17, 15) is 0 Å². The van der Waals surface area contributed by atoms with E-state index in [0.717, 1.165) is 6.16 Å². The second-order valence-corrected chi connectivity index (χ2v) is 14.0. The normalized spacial score (nSPS) is 20.3. The standard InChI is InChI=1S/C29H24PS/c1-20-25-18-17-22-10-6-8-14-27(22)29(25)28-23(16-15-21-9-5-7-13-26(21)28)19-30(20,31)24-11-3-2-4-12-24/h2-18,20,31H,19H2,1H3/q+1/t20-,30?/m0/s1. The highest BCUT2D eigenvalue weighted by Gasteiger charge is 2.47. The van der Waals surface area contributed by atoms with Gasteiger partial charge >= 0.3 is 0 Å². The zero-order chi connectivity index (χ0) is 21.0. The summed E-state index contributed by atoms with van der Waals surface area (Å²) in [6.45, 7) is 0.622. The molecule has 1 aliphatic heterocycles. The van der Waals surface area contributed by atoms with E-state index in [1.54, 1.807) is 0 Å². The maximum atomic E-state index is 5.55. The van der Waals surface area contributed by atoms with Crippen LogP contribution in [0.25, 0.3) is 32.7 Å². The molecule has 1 aliphatic rings. The maximum Gasteiger partial charge on any atom is 0.114 e. The Morgan fingerprint density at radius 1 is 0.645 bits per heavy atom. The fourth-order valence-electron chi connectivity index (χ4n) is 5.29. The zero-order valence-corrected chi connectivity index (χ0v) is 19.3. The molecule has 0 amide bonds. The first kappa shape index (κ1) is 19.1. The van der Waals surface area contributed by atoms with Crippen LogP contribution in [0.15, 0.2) is 103 Å². The topological polar surface area (TPSA) is 0 Å². The van der Waals surface area contributed by atoms with Crippen LogP contribution in [0.3, 0.4) is 0 Å². The highest BCUT2D eigenvalue weighted by atomic mass is 32.7. The highest BCUT2D eigenvalue weighted by molar-refractivity contribution is 8.55. The van der Waals surface area contributed by atoms with Gasteiger partial charge in [0.2, 0.25) is 0 Å². The molecular formula is C29H24PS+. The van der Waals surface area contributed by atoms with Crippen molar-refractivity contribution < 1.29 is 0 Å². The lowest BCUT2D eigenvalue weighted by molar-refractivity contribution is 1.08. The molecule has 150 valence electrons. The molecule has 0 radical (unpaired) electrons. The van der Waals surface area contributed by atoms with E-state index in [0.29, 0.717) is 5.66 Å². The van der Waals surface area contributed by atoms with Gasteiger partial charge in [0.15, 0.2) is 0 Å². The van der Waals surface area contributed by atoms with E-state index in [2.05, 4.69) is 110 Å². The molecule has 0 N–H and O–H groups in total. The minimum absolute atomic E-state index is 0.365. The summed E-state index contributed by atoms with van der Waals surface area (Å²) in [5.41, 5.74) is 6.03. The summed E-state index contributed by atoms with van der Waals surface area (Å²) in [6.07, 6.45) is 1.00. The lowest BCUT2D eigenvalue weighted by Gasteiger charge is -2.27. The lowest BCUT2D eigenvalue weighted by Crippen LogP contribution is -2.13. The van der Waals surface area contributed by atoms with Gasteiger partial charge in [-0.15, -0.1) is 0 Å². The Hall–Kier alpha value is -2.60. The largest absolute Gasteiger partial charge is 0.114 e. The van der Waals surface area contributed by atoms with Gasteiger partial charge in [-0.05, 0) is 57.3 Å². The average molecular weight is 436 g/mol. The first-order chi connectivity index (χ1) is 15.2. The number of benzene rings is 5. The average Bonchev–Trinajstić information content (AvgIpc) is 2.93. The quantitative estimate of drug-likeness (QED) is 0.198. The Labute approximate surface area is 189 Å². The van der Waals surface area contributed by atoms with Crippen molar-refractivity contribution in [2.24, 2.45) is 0 Å². The molecule has 0 spiro atoms. The van der Waals surface area contributed by atoms with E-state index in [-0.39, 0.29) is 0 Å². The van der Waals surface area contributed by atoms with E-state index in [4.69, 9.17) is 12.2 Å². The number of hydrogen-bond donors (Lipinski definition) is 1. The summed E-state index contributed by atoms with van der Waals surface area (Å²) in [5, 5.41) is 6.69. The molecule has 2 atom stereocenters. The Morgan fingerprint density at radius 3 is 1.94 bits per heavy atom. The van der Waals surface area contributed by atoms with Crippen molar-refractivity contribution in [3.05, 3.63) is 114 Å². The van der Waals surface area contributed by atoms with Gasteiger partial charge in [0.05, 0.1) is 0 Å². The van der Waals surface area contributed by atoms with Crippen molar-refractivity contribution in [2.75, 3.05) is 0 Å². The van der Waals surface area contributed by atoms with Crippen molar-refractivity contribution in [3.8, 4) is 11.1 Å². The SMILES string of the molecule is C[C@H]1c2ccc3ccccc3c2-c2c(ccc3ccccc23)C[P+]1(S)c1ccccc1. The first-order valence-electron chi connectivity index (χ1n) is 10.9. The van der Waals surface area contributed by atoms with Gasteiger partial charge in [-0.25, -0.2) is 0 Å². The predicted molar refractivity (Wildman–Crippen MR) is 141 cm³/mol. The molecule has 6 rings (SSSR count). The van der Waals surface area contributed by atoms with Gasteiger partial charge in [-0.3, -0.25) is 0 Å². The molecule has 0 nitrogen and oxygen atoms in total. The lowest BCUT2D eigenvalue weighted by atomic mass is 9.87. The van der Waals surface area contributed by atoms with Crippen LogP contribution in [0, 0.1) is 0 Å². The third-order valence-electron chi connectivity index (χ3n) is 6.93. The molecular weight excluding hydrogens is 411 g/mol. The van der Waals surface area contributed by atoms with Gasteiger partial charge in [0.1, 0.15) is 23.6 Å². The Balaban J connectivity index is 1.78. The van der Waals surface area contributed by atoms with E-state index >= 15 is 0 Å². The smallest absolute Gasteiger partial charge is 0.0620 e. The molecule has 0 aromatic heterocycles. The Kier molecular flexibility index (Phi) is 4.46. The maximum absolute atomic E-state index is 5.55. The summed E-state index contributed by atoms with van der Waals surface area (Å²) >= 11 is 5.55. The van der Waals surface area contributed by atoms with Gasteiger partial charge in [0, 0.05) is 17.8 Å². The molecule has 2 heteroatoms. The number of rotatable bonds is 1. The van der Waals surface area contributed by atoms with Gasteiger partial charge in [-0.2, -0.15) is 0 Å². The summed E-state index contributed by atoms with van der Waals surface area (Å²) < 4.78 is 0. The van der Waals surface area contributed by atoms with Crippen LogP contribution in [0.1, 0.15) is 23.7 Å². The van der Waals surface area contributed by atoms with Crippen LogP contribution in [0.4, 0.5) is 0 Å². The number of thiol groups is 1. The summed E-state index contributed by atoms with van der Waals surface area (Å²) in [6, 6.07) is 38.0. The van der Waals surface area contributed by atoms with Crippen LogP contribution in [-0.4, -0.2) is 0 Å². The molecule has 0 saturated heterocycles. The van der Waals surface area contributed by atoms with Crippen LogP contribution in [-0.2, 0) is 6.16 Å². The van der Waals surface area contributed by atoms with Gasteiger partial charge in [0.25, 0.3) is 0 Å². The molecule has 0 bridgehead atoms. The predicted octanol–water partition coefficient (Wildman–Crippen LogP) is 8.42. The van der Waals surface area contributed by atoms with Crippen LogP contribution in [0.5, 0.6) is 0 Å². The van der Waals surface area contributed by atoms with Crippen LogP contribution >= 0.6 is 18.7 Å². The molecule has 31 heavy (non-hydrogen) atoms. The zero-order valence-electron chi connectivity index (χ0n) is 17.5. The fourth-order valence-corrected chi connectivity index (χ4v) is 9.57. The summed E-state index contributed by atoms with van der Waals surface area (Å²) in [4.78, 5) is 0. The third-order valence-corrected chi connectivity index (χ3v) is 12.7. The van der Waals surface area contributed by atoms with Crippen LogP contribution in [0.2, 0.25) is 0 Å². The molecule has 0 aliphatic carbocycles. The van der Waals surface area contributed by atoms with E-state index in [1.165, 1.54) is 49.1 Å². The van der Waals surface area contributed by atoms with Gasteiger partial charge in [-0.1, -0.05) is 91.0 Å². The fraction of sp³-hybridized carbons (Fsp3) is 0.103.